The van der Waals surface area contributed by atoms with E-state index in [1.165, 1.54) is 0 Å². The Labute approximate surface area is 108 Å². The third-order valence-corrected chi connectivity index (χ3v) is 2.17. The lowest BCUT2D eigenvalue weighted by molar-refractivity contribution is 0.0957. The number of ether oxygens (including phenoxy) is 2. The molecule has 0 aliphatic heterocycles. The Morgan fingerprint density at radius 2 is 1.76 bits per heavy atom. The predicted octanol–water partition coefficient (Wildman–Crippen LogP) is 1.87. The Morgan fingerprint density at radius 3 is 2.24 bits per heavy atom. The highest BCUT2D eigenvalue weighted by atomic mass is 35.5. The van der Waals surface area contributed by atoms with Crippen molar-refractivity contribution in [3.8, 4) is 11.5 Å². The molecule has 0 radical (unpaired) electrons. The molecule has 0 aliphatic carbocycles. The van der Waals surface area contributed by atoms with Crippen molar-refractivity contribution in [1.29, 1.82) is 0 Å². The molecule has 0 bridgehead atoms. The van der Waals surface area contributed by atoms with Gasteiger partial charge in [0.25, 0.3) is 0 Å². The highest BCUT2D eigenvalue weighted by Crippen LogP contribution is 2.27. The first-order valence-corrected chi connectivity index (χ1v) is 4.98. The number of Topliss-reactive ketones (excluding diaryl/α,β-unsaturated/α-hetero) is 1. The molecule has 0 amide bonds. The average Bonchev–Trinajstić information content (AvgIpc) is 2.27. The summed E-state index contributed by atoms with van der Waals surface area (Å²) in [5.41, 5.74) is 0.631. The lowest BCUT2D eigenvalue weighted by Gasteiger charge is -2.11. The van der Waals surface area contributed by atoms with Crippen LogP contribution in [0.1, 0.15) is 10.4 Å². The van der Waals surface area contributed by atoms with Crippen LogP contribution in [0.3, 0.4) is 0 Å². The number of hydrogen-bond donors (Lipinski definition) is 0. The van der Waals surface area contributed by atoms with Gasteiger partial charge in [-0.2, -0.15) is 0 Å². The first kappa shape index (κ1) is 15.7. The van der Waals surface area contributed by atoms with Crippen molar-refractivity contribution in [1.82, 2.24) is 4.90 Å². The van der Waals surface area contributed by atoms with Gasteiger partial charge in [-0.15, -0.1) is 12.4 Å². The molecule has 4 nitrogen and oxygen atoms in total. The third-order valence-electron chi connectivity index (χ3n) is 2.17. The van der Waals surface area contributed by atoms with Gasteiger partial charge in [0.05, 0.1) is 20.8 Å². The van der Waals surface area contributed by atoms with Gasteiger partial charge < -0.3 is 14.4 Å². The van der Waals surface area contributed by atoms with E-state index < -0.39 is 0 Å². The number of rotatable bonds is 5. The van der Waals surface area contributed by atoms with Crippen LogP contribution in [0.15, 0.2) is 18.2 Å². The first-order valence-electron chi connectivity index (χ1n) is 4.98. The number of hydrogen-bond acceptors (Lipinski definition) is 4. The molecule has 0 saturated heterocycles. The third kappa shape index (κ3) is 4.24. The van der Waals surface area contributed by atoms with Gasteiger partial charge in [0.2, 0.25) is 0 Å². The van der Waals surface area contributed by atoms with E-state index in [2.05, 4.69) is 0 Å². The SMILES string of the molecule is COc1ccc(C(=O)CN(C)C)cc1OC.Cl. The van der Waals surface area contributed by atoms with Crippen molar-refractivity contribution >= 4 is 18.2 Å². The Balaban J connectivity index is 0.00000256. The number of carbonyl (C=O) groups excluding carboxylic acids is 1. The maximum Gasteiger partial charge on any atom is 0.176 e. The summed E-state index contributed by atoms with van der Waals surface area (Å²) in [4.78, 5) is 13.6. The van der Waals surface area contributed by atoms with Gasteiger partial charge in [0.15, 0.2) is 17.3 Å². The molecule has 0 aliphatic rings. The summed E-state index contributed by atoms with van der Waals surface area (Å²) in [5, 5.41) is 0. The van der Waals surface area contributed by atoms with Gasteiger partial charge in [-0.05, 0) is 32.3 Å². The maximum absolute atomic E-state index is 11.8. The number of ketones is 1. The summed E-state index contributed by atoms with van der Waals surface area (Å²) in [7, 11) is 6.84. The largest absolute Gasteiger partial charge is 0.493 e. The fraction of sp³-hybridized carbons (Fsp3) is 0.417. The number of nitrogens with zero attached hydrogens (tertiary/aromatic N) is 1. The van der Waals surface area contributed by atoms with Crippen LogP contribution in [0.2, 0.25) is 0 Å². The van der Waals surface area contributed by atoms with Crippen LogP contribution in [0.4, 0.5) is 0 Å². The summed E-state index contributed by atoms with van der Waals surface area (Å²) >= 11 is 0. The molecule has 0 atom stereocenters. The second-order valence-corrected chi connectivity index (χ2v) is 3.73. The summed E-state index contributed by atoms with van der Waals surface area (Å²) in [6.07, 6.45) is 0. The lowest BCUT2D eigenvalue weighted by atomic mass is 10.1. The second kappa shape index (κ2) is 7.14. The molecule has 96 valence electrons. The minimum absolute atomic E-state index is 0. The molecule has 1 rings (SSSR count). The zero-order valence-corrected chi connectivity index (χ0v) is 11.3. The van der Waals surface area contributed by atoms with E-state index in [9.17, 15) is 4.79 Å². The number of carbonyl (C=O) groups is 1. The second-order valence-electron chi connectivity index (χ2n) is 3.73. The van der Waals surface area contributed by atoms with Crippen LogP contribution in [-0.2, 0) is 0 Å². The molecular formula is C12H18ClNO3. The van der Waals surface area contributed by atoms with Gasteiger partial charge in [-0.1, -0.05) is 0 Å². The molecule has 1 aromatic rings. The zero-order chi connectivity index (χ0) is 12.1. The topological polar surface area (TPSA) is 38.8 Å². The summed E-state index contributed by atoms with van der Waals surface area (Å²) in [6, 6.07) is 5.18. The van der Waals surface area contributed by atoms with Gasteiger partial charge in [0, 0.05) is 5.56 Å². The van der Waals surface area contributed by atoms with Gasteiger partial charge in [-0.3, -0.25) is 4.79 Å². The van der Waals surface area contributed by atoms with Crippen LogP contribution in [-0.4, -0.2) is 45.5 Å². The average molecular weight is 260 g/mol. The lowest BCUT2D eigenvalue weighted by Crippen LogP contribution is -2.21. The van der Waals surface area contributed by atoms with Crippen LogP contribution in [0, 0.1) is 0 Å². The molecule has 1 aromatic carbocycles. The number of halogens is 1. The van der Waals surface area contributed by atoms with Crippen molar-refractivity contribution in [3.63, 3.8) is 0 Å². The van der Waals surface area contributed by atoms with Crippen molar-refractivity contribution in [2.45, 2.75) is 0 Å². The molecule has 5 heteroatoms. The minimum atomic E-state index is 0. The number of methoxy groups -OCH3 is 2. The fourth-order valence-electron chi connectivity index (χ4n) is 1.39. The molecule has 0 aromatic heterocycles. The van der Waals surface area contributed by atoms with Crippen LogP contribution in [0.5, 0.6) is 11.5 Å². The maximum atomic E-state index is 11.8. The predicted molar refractivity (Wildman–Crippen MR) is 69.7 cm³/mol. The van der Waals surface area contributed by atoms with Crippen molar-refractivity contribution < 1.29 is 14.3 Å². The Kier molecular flexibility index (Phi) is 6.61. The molecular weight excluding hydrogens is 242 g/mol. The minimum Gasteiger partial charge on any atom is -0.493 e. The molecule has 17 heavy (non-hydrogen) atoms. The van der Waals surface area contributed by atoms with Crippen LogP contribution >= 0.6 is 12.4 Å². The Morgan fingerprint density at radius 1 is 1.18 bits per heavy atom. The molecule has 0 N–H and O–H groups in total. The van der Waals surface area contributed by atoms with E-state index in [1.807, 2.05) is 19.0 Å². The Hall–Kier alpha value is -1.26. The van der Waals surface area contributed by atoms with Crippen LogP contribution in [0.25, 0.3) is 0 Å². The van der Waals surface area contributed by atoms with Crippen LogP contribution < -0.4 is 9.47 Å². The van der Waals surface area contributed by atoms with E-state index in [-0.39, 0.29) is 18.2 Å². The molecule has 0 fully saturated rings. The van der Waals surface area contributed by atoms with E-state index in [4.69, 9.17) is 9.47 Å². The van der Waals surface area contributed by atoms with Crippen molar-refractivity contribution in [2.24, 2.45) is 0 Å². The number of benzene rings is 1. The van der Waals surface area contributed by atoms with Gasteiger partial charge in [0.1, 0.15) is 0 Å². The van der Waals surface area contributed by atoms with E-state index in [0.717, 1.165) is 0 Å². The highest BCUT2D eigenvalue weighted by molar-refractivity contribution is 5.98. The highest BCUT2D eigenvalue weighted by Gasteiger charge is 2.11. The quantitative estimate of drug-likeness (QED) is 0.757. The molecule has 0 unspecified atom stereocenters. The molecule has 0 spiro atoms. The standard InChI is InChI=1S/C12H17NO3.ClH/c1-13(2)8-10(14)9-5-6-11(15-3)12(7-9)16-4;/h5-7H,8H2,1-4H3;1H. The summed E-state index contributed by atoms with van der Waals surface area (Å²) in [6.45, 7) is 0.384. The summed E-state index contributed by atoms with van der Waals surface area (Å²) < 4.78 is 10.2. The fourth-order valence-corrected chi connectivity index (χ4v) is 1.39. The van der Waals surface area contributed by atoms with Crippen molar-refractivity contribution in [2.75, 3.05) is 34.9 Å². The monoisotopic (exact) mass is 259 g/mol. The van der Waals surface area contributed by atoms with E-state index in [0.29, 0.717) is 23.6 Å². The zero-order valence-electron chi connectivity index (χ0n) is 10.5. The number of likely N-dealkylation sites (N-methyl/N-ethyl adjacent to an activating group) is 1. The molecule has 0 saturated carbocycles. The van der Waals surface area contributed by atoms with E-state index in [1.54, 1.807) is 32.4 Å². The Bertz CT molecular complexity index is 380. The van der Waals surface area contributed by atoms with E-state index >= 15 is 0 Å². The summed E-state index contributed by atoms with van der Waals surface area (Å²) in [5.74, 6) is 1.27. The van der Waals surface area contributed by atoms with Crippen molar-refractivity contribution in [3.05, 3.63) is 23.8 Å². The first-order chi connectivity index (χ1) is 7.58. The molecule has 0 heterocycles. The smallest absolute Gasteiger partial charge is 0.176 e. The normalized spacial score (nSPS) is 9.71. The van der Waals surface area contributed by atoms with Gasteiger partial charge >= 0.3 is 0 Å². The van der Waals surface area contributed by atoms with Gasteiger partial charge in [-0.25, -0.2) is 0 Å².